The fraction of sp³-hybridized carbons (Fsp3) is 0.429. The average molecular weight is 260 g/mol. The molecule has 19 heavy (non-hydrogen) atoms. The molecule has 2 N–H and O–H groups in total. The van der Waals surface area contributed by atoms with Gasteiger partial charge in [-0.05, 0) is 37.0 Å². The molecular formula is C14H16N2O3. The predicted octanol–water partition coefficient (Wildman–Crippen LogP) is 2.39. The zero-order valence-corrected chi connectivity index (χ0v) is 10.7. The van der Waals surface area contributed by atoms with Gasteiger partial charge < -0.3 is 10.1 Å². The maximum absolute atomic E-state index is 12.1. The molecule has 1 aromatic carbocycles. The van der Waals surface area contributed by atoms with Crippen LogP contribution in [-0.4, -0.2) is 20.6 Å². The lowest BCUT2D eigenvalue weighted by molar-refractivity contribution is 0.0697. The number of benzene rings is 1. The van der Waals surface area contributed by atoms with Gasteiger partial charge in [0.1, 0.15) is 0 Å². The third-order valence-electron chi connectivity index (χ3n) is 4.11. The van der Waals surface area contributed by atoms with Crippen molar-refractivity contribution in [2.75, 3.05) is 0 Å². The topological polar surface area (TPSA) is 75.1 Å². The van der Waals surface area contributed by atoms with Crippen LogP contribution >= 0.6 is 0 Å². The minimum atomic E-state index is -0.971. The van der Waals surface area contributed by atoms with Crippen molar-refractivity contribution >= 4 is 17.0 Å². The van der Waals surface area contributed by atoms with Gasteiger partial charge in [-0.25, -0.2) is 9.59 Å². The summed E-state index contributed by atoms with van der Waals surface area (Å²) in [4.78, 5) is 26.0. The van der Waals surface area contributed by atoms with Gasteiger partial charge in [-0.15, -0.1) is 0 Å². The highest BCUT2D eigenvalue weighted by molar-refractivity contribution is 5.92. The number of carboxylic acids is 1. The Balaban J connectivity index is 2.22. The minimum absolute atomic E-state index is 0.142. The van der Waals surface area contributed by atoms with E-state index in [1.807, 2.05) is 0 Å². The summed E-state index contributed by atoms with van der Waals surface area (Å²) < 4.78 is 1.74. The van der Waals surface area contributed by atoms with Crippen LogP contribution in [0.2, 0.25) is 0 Å². The van der Waals surface area contributed by atoms with Gasteiger partial charge in [0.05, 0.1) is 16.6 Å². The fourth-order valence-electron chi connectivity index (χ4n) is 3.09. The van der Waals surface area contributed by atoms with E-state index in [1.165, 1.54) is 6.07 Å². The van der Waals surface area contributed by atoms with Crippen molar-refractivity contribution in [3.8, 4) is 0 Å². The Kier molecular flexibility index (Phi) is 2.69. The molecule has 0 aliphatic heterocycles. The molecule has 0 amide bonds. The number of aromatic amines is 1. The Morgan fingerprint density at radius 3 is 2.84 bits per heavy atom. The first kappa shape index (κ1) is 12.0. The first-order valence-electron chi connectivity index (χ1n) is 6.55. The second-order valence-electron chi connectivity index (χ2n) is 5.31. The minimum Gasteiger partial charge on any atom is -0.478 e. The number of fused-ring (bicyclic) bond motifs is 1. The number of aromatic carboxylic acids is 1. The number of hydrogen-bond acceptors (Lipinski definition) is 2. The SMILES string of the molecule is CC1CCCC1n1c(=O)[nH]c2ccc(C(=O)O)cc21. The van der Waals surface area contributed by atoms with E-state index in [1.54, 1.807) is 16.7 Å². The smallest absolute Gasteiger partial charge is 0.335 e. The second kappa shape index (κ2) is 4.26. The van der Waals surface area contributed by atoms with Crippen LogP contribution in [0.25, 0.3) is 11.0 Å². The van der Waals surface area contributed by atoms with Gasteiger partial charge in [0.15, 0.2) is 0 Å². The summed E-state index contributed by atoms with van der Waals surface area (Å²) in [6.45, 7) is 2.14. The predicted molar refractivity (Wildman–Crippen MR) is 71.6 cm³/mol. The van der Waals surface area contributed by atoms with Crippen molar-refractivity contribution in [1.29, 1.82) is 0 Å². The molecule has 2 unspecified atom stereocenters. The van der Waals surface area contributed by atoms with Crippen LogP contribution in [-0.2, 0) is 0 Å². The van der Waals surface area contributed by atoms with Crippen molar-refractivity contribution in [2.24, 2.45) is 5.92 Å². The molecular weight excluding hydrogens is 244 g/mol. The summed E-state index contributed by atoms with van der Waals surface area (Å²) in [6.07, 6.45) is 3.21. The van der Waals surface area contributed by atoms with E-state index in [-0.39, 0.29) is 17.3 Å². The fourth-order valence-corrected chi connectivity index (χ4v) is 3.09. The lowest BCUT2D eigenvalue weighted by Gasteiger charge is -2.17. The monoisotopic (exact) mass is 260 g/mol. The van der Waals surface area contributed by atoms with Gasteiger partial charge >= 0.3 is 11.7 Å². The van der Waals surface area contributed by atoms with Crippen LogP contribution in [0, 0.1) is 5.92 Å². The van der Waals surface area contributed by atoms with Gasteiger partial charge in [-0.3, -0.25) is 4.57 Å². The van der Waals surface area contributed by atoms with E-state index in [0.717, 1.165) is 19.3 Å². The van der Waals surface area contributed by atoms with Crippen molar-refractivity contribution in [3.05, 3.63) is 34.2 Å². The third kappa shape index (κ3) is 1.85. The lowest BCUT2D eigenvalue weighted by Crippen LogP contribution is -2.23. The van der Waals surface area contributed by atoms with Gasteiger partial charge in [-0.2, -0.15) is 0 Å². The molecule has 5 heteroatoms. The molecule has 0 bridgehead atoms. The van der Waals surface area contributed by atoms with Gasteiger partial charge in [-0.1, -0.05) is 13.3 Å². The molecule has 1 aliphatic carbocycles. The molecule has 1 saturated carbocycles. The molecule has 1 heterocycles. The van der Waals surface area contributed by atoms with Crippen LogP contribution in [0.1, 0.15) is 42.6 Å². The van der Waals surface area contributed by atoms with Crippen molar-refractivity contribution in [3.63, 3.8) is 0 Å². The quantitative estimate of drug-likeness (QED) is 0.870. The number of nitrogens with one attached hydrogen (secondary N) is 1. The first-order valence-corrected chi connectivity index (χ1v) is 6.55. The highest BCUT2D eigenvalue weighted by atomic mass is 16.4. The molecule has 2 aromatic rings. The molecule has 0 saturated heterocycles. The number of hydrogen-bond donors (Lipinski definition) is 2. The van der Waals surface area contributed by atoms with E-state index >= 15 is 0 Å². The maximum Gasteiger partial charge on any atom is 0.335 e. The first-order chi connectivity index (χ1) is 9.08. The highest BCUT2D eigenvalue weighted by Crippen LogP contribution is 2.36. The maximum atomic E-state index is 12.1. The van der Waals surface area contributed by atoms with Crippen LogP contribution in [0.4, 0.5) is 0 Å². The number of imidazole rings is 1. The normalized spacial score (nSPS) is 23.0. The van der Waals surface area contributed by atoms with Crippen molar-refractivity contribution in [1.82, 2.24) is 9.55 Å². The number of aromatic nitrogens is 2. The molecule has 5 nitrogen and oxygen atoms in total. The summed E-state index contributed by atoms with van der Waals surface area (Å²) in [5.41, 5.74) is 1.47. The van der Waals surface area contributed by atoms with Crippen LogP contribution < -0.4 is 5.69 Å². The van der Waals surface area contributed by atoms with E-state index in [0.29, 0.717) is 17.0 Å². The van der Waals surface area contributed by atoms with E-state index in [4.69, 9.17) is 5.11 Å². The molecule has 3 rings (SSSR count). The molecule has 100 valence electrons. The average Bonchev–Trinajstić information content (AvgIpc) is 2.90. The number of carboxylic acid groups (broad SMARTS) is 1. The second-order valence-corrected chi connectivity index (χ2v) is 5.31. The van der Waals surface area contributed by atoms with Crippen LogP contribution in [0.15, 0.2) is 23.0 Å². The van der Waals surface area contributed by atoms with E-state index < -0.39 is 5.97 Å². The highest BCUT2D eigenvalue weighted by Gasteiger charge is 2.27. The molecule has 1 aliphatic rings. The lowest BCUT2D eigenvalue weighted by atomic mass is 10.1. The number of carbonyl (C=O) groups is 1. The van der Waals surface area contributed by atoms with Gasteiger partial charge in [0, 0.05) is 6.04 Å². The molecule has 0 spiro atoms. The summed E-state index contributed by atoms with van der Waals surface area (Å²) in [6, 6.07) is 4.94. The Bertz CT molecular complexity index is 698. The Morgan fingerprint density at radius 2 is 2.21 bits per heavy atom. The Morgan fingerprint density at radius 1 is 1.42 bits per heavy atom. The molecule has 1 aromatic heterocycles. The van der Waals surface area contributed by atoms with Crippen LogP contribution in [0.5, 0.6) is 0 Å². The number of H-pyrrole nitrogens is 1. The summed E-state index contributed by atoms with van der Waals surface area (Å²) in [5.74, 6) is -0.522. The molecule has 2 atom stereocenters. The van der Waals surface area contributed by atoms with E-state index in [2.05, 4.69) is 11.9 Å². The zero-order chi connectivity index (χ0) is 13.6. The van der Waals surface area contributed by atoms with Crippen LogP contribution in [0.3, 0.4) is 0 Å². The van der Waals surface area contributed by atoms with Gasteiger partial charge in [0.2, 0.25) is 0 Å². The summed E-state index contributed by atoms with van der Waals surface area (Å²) in [7, 11) is 0. The molecule has 1 fully saturated rings. The third-order valence-corrected chi connectivity index (χ3v) is 4.11. The largest absolute Gasteiger partial charge is 0.478 e. The standard InChI is InChI=1S/C14H16N2O3/c1-8-3-2-4-11(8)16-12-7-9(13(17)18)5-6-10(12)15-14(16)19/h5-8,11H,2-4H2,1H3,(H,15,19)(H,17,18). The van der Waals surface area contributed by atoms with Crippen molar-refractivity contribution < 1.29 is 9.90 Å². The van der Waals surface area contributed by atoms with E-state index in [9.17, 15) is 9.59 Å². The zero-order valence-electron chi connectivity index (χ0n) is 10.7. The molecule has 0 radical (unpaired) electrons. The summed E-state index contributed by atoms with van der Waals surface area (Å²) >= 11 is 0. The number of nitrogens with zero attached hydrogens (tertiary/aromatic N) is 1. The number of rotatable bonds is 2. The Hall–Kier alpha value is -2.04. The summed E-state index contributed by atoms with van der Waals surface area (Å²) in [5, 5.41) is 9.06. The van der Waals surface area contributed by atoms with Crippen molar-refractivity contribution in [2.45, 2.75) is 32.2 Å². The Labute approximate surface area is 109 Å². The van der Waals surface area contributed by atoms with Gasteiger partial charge in [0.25, 0.3) is 0 Å².